The van der Waals surface area contributed by atoms with E-state index in [0.29, 0.717) is 18.0 Å². The number of hydrogen-bond acceptors (Lipinski definition) is 5. The Labute approximate surface area is 164 Å². The number of ether oxygens (including phenoxy) is 2. The third-order valence-corrected chi connectivity index (χ3v) is 5.20. The zero-order valence-electron chi connectivity index (χ0n) is 15.5. The number of carbonyl (C=O) groups is 1. The van der Waals surface area contributed by atoms with Crippen LogP contribution in [0.4, 0.5) is 0 Å². The van der Waals surface area contributed by atoms with E-state index in [1.54, 1.807) is 12.1 Å². The largest absolute Gasteiger partial charge is 0.454 e. The Bertz CT molecular complexity index is 969. The number of nitrogens with one attached hydrogen (secondary N) is 2. The summed E-state index contributed by atoms with van der Waals surface area (Å²) < 4.78 is 36.9. The summed E-state index contributed by atoms with van der Waals surface area (Å²) in [5.41, 5.74) is 2.77. The molecule has 148 valence electrons. The smallest absolute Gasteiger partial charge is 0.233 e. The quantitative estimate of drug-likeness (QED) is 0.707. The number of amides is 1. The van der Waals surface area contributed by atoms with Crippen molar-refractivity contribution < 1.29 is 22.7 Å². The van der Waals surface area contributed by atoms with Gasteiger partial charge in [0.05, 0.1) is 0 Å². The second-order valence-corrected chi connectivity index (χ2v) is 8.02. The van der Waals surface area contributed by atoms with Gasteiger partial charge in [-0.1, -0.05) is 35.9 Å². The number of fused-ring (bicyclic) bond motifs is 1. The molecule has 3 rings (SSSR count). The number of sulfonamides is 1. The van der Waals surface area contributed by atoms with Gasteiger partial charge in [-0.15, -0.1) is 0 Å². The number of rotatable bonds is 8. The Kier molecular flexibility index (Phi) is 6.33. The Morgan fingerprint density at radius 1 is 1.11 bits per heavy atom. The van der Waals surface area contributed by atoms with Crippen molar-refractivity contribution in [1.29, 1.82) is 0 Å². The van der Waals surface area contributed by atoms with Crippen LogP contribution in [0.5, 0.6) is 11.5 Å². The molecule has 0 bridgehead atoms. The molecule has 1 aliphatic heterocycles. The van der Waals surface area contributed by atoms with Crippen molar-refractivity contribution >= 4 is 22.0 Å². The summed E-state index contributed by atoms with van der Waals surface area (Å²) in [6.45, 7) is 2.51. The first kappa shape index (κ1) is 19.9. The van der Waals surface area contributed by atoms with Crippen LogP contribution in [0, 0.1) is 6.92 Å². The van der Waals surface area contributed by atoms with Crippen molar-refractivity contribution in [1.82, 2.24) is 10.0 Å². The van der Waals surface area contributed by atoms with Crippen LogP contribution in [-0.4, -0.2) is 27.7 Å². The maximum absolute atomic E-state index is 12.0. The van der Waals surface area contributed by atoms with Gasteiger partial charge < -0.3 is 14.8 Å². The van der Waals surface area contributed by atoms with Gasteiger partial charge in [0.1, 0.15) is 0 Å². The van der Waals surface area contributed by atoms with Crippen LogP contribution in [-0.2, 0) is 21.4 Å². The van der Waals surface area contributed by atoms with Crippen molar-refractivity contribution in [3.63, 3.8) is 0 Å². The fourth-order valence-corrected chi connectivity index (χ4v) is 3.36. The molecular formula is C20H22N2O5S. The number of hydrogen-bond donors (Lipinski definition) is 2. The lowest BCUT2D eigenvalue weighted by molar-refractivity contribution is -0.121. The summed E-state index contributed by atoms with van der Waals surface area (Å²) in [4.78, 5) is 11.9. The lowest BCUT2D eigenvalue weighted by atomic mass is 10.2. The molecule has 28 heavy (non-hydrogen) atoms. The summed E-state index contributed by atoms with van der Waals surface area (Å²) in [6, 6.07) is 12.9. The average molecular weight is 402 g/mol. The fourth-order valence-electron chi connectivity index (χ4n) is 2.54. The Balaban J connectivity index is 1.41. The molecule has 0 saturated carbocycles. The monoisotopic (exact) mass is 402 g/mol. The van der Waals surface area contributed by atoms with Gasteiger partial charge in [0.2, 0.25) is 22.7 Å². The molecule has 1 aliphatic rings. The molecule has 0 aliphatic carbocycles. The first-order chi connectivity index (χ1) is 13.4. The summed E-state index contributed by atoms with van der Waals surface area (Å²) in [5, 5.41) is 3.85. The zero-order valence-corrected chi connectivity index (χ0v) is 16.3. The molecule has 0 spiro atoms. The van der Waals surface area contributed by atoms with Gasteiger partial charge in [0, 0.05) is 24.9 Å². The van der Waals surface area contributed by atoms with Gasteiger partial charge in [-0.3, -0.25) is 4.79 Å². The molecule has 2 aromatic carbocycles. The fraction of sp³-hybridized carbons (Fsp3) is 0.250. The Morgan fingerprint density at radius 3 is 2.64 bits per heavy atom. The Morgan fingerprint density at radius 2 is 1.86 bits per heavy atom. The van der Waals surface area contributed by atoms with E-state index in [0.717, 1.165) is 22.1 Å². The summed E-state index contributed by atoms with van der Waals surface area (Å²) in [7, 11) is -3.60. The molecule has 0 radical (unpaired) electrons. The molecule has 0 unspecified atom stereocenters. The summed E-state index contributed by atoms with van der Waals surface area (Å²) >= 11 is 0. The van der Waals surface area contributed by atoms with E-state index in [-0.39, 0.29) is 25.7 Å². The molecule has 0 aromatic heterocycles. The second kappa shape index (κ2) is 8.90. The molecule has 0 saturated heterocycles. The lowest BCUT2D eigenvalue weighted by Crippen LogP contribution is -2.29. The number of carbonyl (C=O) groups excluding carboxylic acids is 1. The van der Waals surface area contributed by atoms with Crippen molar-refractivity contribution in [2.45, 2.75) is 19.9 Å². The number of benzene rings is 2. The summed E-state index contributed by atoms with van der Waals surface area (Å²) in [5.74, 6) is 1.09. The molecule has 8 heteroatoms. The minimum absolute atomic E-state index is 0.0214. The predicted octanol–water partition coefficient (Wildman–Crippen LogP) is 2.32. The average Bonchev–Trinajstić information content (AvgIpc) is 3.14. The van der Waals surface area contributed by atoms with Crippen LogP contribution >= 0.6 is 0 Å². The third-order valence-electron chi connectivity index (χ3n) is 4.10. The highest BCUT2D eigenvalue weighted by atomic mass is 32.2. The molecule has 1 amide bonds. The van der Waals surface area contributed by atoms with Gasteiger partial charge in [0.15, 0.2) is 11.5 Å². The van der Waals surface area contributed by atoms with Crippen LogP contribution in [0.1, 0.15) is 23.1 Å². The summed E-state index contributed by atoms with van der Waals surface area (Å²) in [6.07, 6.45) is 1.56. The van der Waals surface area contributed by atoms with E-state index in [1.165, 1.54) is 6.08 Å². The van der Waals surface area contributed by atoms with Crippen molar-refractivity contribution in [2.75, 3.05) is 13.3 Å². The van der Waals surface area contributed by atoms with E-state index in [9.17, 15) is 13.2 Å². The van der Waals surface area contributed by atoms with Crippen molar-refractivity contribution in [3.8, 4) is 11.5 Å². The SMILES string of the molecule is Cc1ccc(/C=C/S(=O)(=O)NCCC(=O)NCc2ccc3c(c2)OCO3)cc1. The highest BCUT2D eigenvalue weighted by Gasteiger charge is 2.13. The second-order valence-electron chi connectivity index (χ2n) is 6.37. The van der Waals surface area contributed by atoms with E-state index in [2.05, 4.69) is 10.0 Å². The van der Waals surface area contributed by atoms with Crippen molar-refractivity contribution in [2.24, 2.45) is 0 Å². The lowest BCUT2D eigenvalue weighted by Gasteiger charge is -2.07. The highest BCUT2D eigenvalue weighted by molar-refractivity contribution is 7.92. The molecular weight excluding hydrogens is 380 g/mol. The normalized spacial score (nSPS) is 13.0. The van der Waals surface area contributed by atoms with Gasteiger partial charge >= 0.3 is 0 Å². The van der Waals surface area contributed by atoms with E-state index in [4.69, 9.17) is 9.47 Å². The van der Waals surface area contributed by atoms with E-state index in [1.807, 2.05) is 37.3 Å². The van der Waals surface area contributed by atoms with Crippen LogP contribution in [0.25, 0.3) is 6.08 Å². The molecule has 7 nitrogen and oxygen atoms in total. The number of aryl methyl sites for hydroxylation is 1. The highest BCUT2D eigenvalue weighted by Crippen LogP contribution is 2.32. The predicted molar refractivity (Wildman–Crippen MR) is 106 cm³/mol. The van der Waals surface area contributed by atoms with E-state index >= 15 is 0 Å². The minimum Gasteiger partial charge on any atom is -0.454 e. The van der Waals surface area contributed by atoms with Gasteiger partial charge in [0.25, 0.3) is 0 Å². The molecule has 2 aromatic rings. The van der Waals surface area contributed by atoms with Gasteiger partial charge in [-0.05, 0) is 36.3 Å². The standard InChI is InChI=1S/C20H22N2O5S/c1-15-2-4-16(5-3-15)9-11-28(24,25)22-10-8-20(23)21-13-17-6-7-18-19(12-17)27-14-26-18/h2-7,9,11-12,22H,8,10,13-14H2,1H3,(H,21,23)/b11-9+. The van der Waals surface area contributed by atoms with Crippen LogP contribution in [0.15, 0.2) is 47.9 Å². The van der Waals surface area contributed by atoms with Crippen LogP contribution in [0.2, 0.25) is 0 Å². The first-order valence-electron chi connectivity index (χ1n) is 8.81. The van der Waals surface area contributed by atoms with E-state index < -0.39 is 10.0 Å². The van der Waals surface area contributed by atoms with Crippen molar-refractivity contribution in [3.05, 3.63) is 64.6 Å². The molecule has 0 fully saturated rings. The first-order valence-corrected chi connectivity index (χ1v) is 10.4. The van der Waals surface area contributed by atoms with Gasteiger partial charge in [-0.2, -0.15) is 0 Å². The topological polar surface area (TPSA) is 93.7 Å². The zero-order chi connectivity index (χ0) is 20.0. The maximum atomic E-state index is 12.0. The van der Waals surface area contributed by atoms with Crippen LogP contribution < -0.4 is 19.5 Å². The molecule has 0 atom stereocenters. The molecule has 2 N–H and O–H groups in total. The third kappa shape index (κ3) is 5.83. The van der Waals surface area contributed by atoms with Crippen LogP contribution in [0.3, 0.4) is 0 Å². The minimum atomic E-state index is -3.60. The van der Waals surface area contributed by atoms with Gasteiger partial charge in [-0.25, -0.2) is 13.1 Å². The molecule has 1 heterocycles. The Hall–Kier alpha value is -2.84. The maximum Gasteiger partial charge on any atom is 0.233 e.